The van der Waals surface area contributed by atoms with Crippen molar-refractivity contribution >= 4 is 17.3 Å². The van der Waals surface area contributed by atoms with Crippen molar-refractivity contribution in [2.45, 2.75) is 39.0 Å². The SMILES string of the molecule is CCCCNC(N)=NCC(C)(C)c1cccs1. The van der Waals surface area contributed by atoms with Gasteiger partial charge in [0.25, 0.3) is 0 Å². The second-order valence-corrected chi connectivity index (χ2v) is 5.79. The van der Waals surface area contributed by atoms with Gasteiger partial charge >= 0.3 is 0 Å². The maximum absolute atomic E-state index is 5.82. The Hall–Kier alpha value is -1.03. The van der Waals surface area contributed by atoms with Gasteiger partial charge in [0, 0.05) is 16.8 Å². The third-order valence-electron chi connectivity index (χ3n) is 2.67. The lowest BCUT2D eigenvalue weighted by Gasteiger charge is -2.20. The van der Waals surface area contributed by atoms with Crippen LogP contribution in [0.5, 0.6) is 0 Å². The number of nitrogens with one attached hydrogen (secondary N) is 1. The summed E-state index contributed by atoms with van der Waals surface area (Å²) in [7, 11) is 0. The van der Waals surface area contributed by atoms with Gasteiger partial charge in [0.05, 0.1) is 6.54 Å². The molecule has 0 spiro atoms. The Kier molecular flexibility index (Phi) is 5.48. The molecule has 17 heavy (non-hydrogen) atoms. The average molecular weight is 253 g/mol. The minimum atomic E-state index is 0.0607. The number of thiophene rings is 1. The normalized spacial score (nSPS) is 12.8. The van der Waals surface area contributed by atoms with Crippen molar-refractivity contribution in [1.29, 1.82) is 0 Å². The summed E-state index contributed by atoms with van der Waals surface area (Å²) in [4.78, 5) is 5.76. The van der Waals surface area contributed by atoms with E-state index in [0.717, 1.165) is 19.5 Å². The number of guanidine groups is 1. The Morgan fingerprint density at radius 2 is 2.29 bits per heavy atom. The molecule has 0 fully saturated rings. The Bertz CT molecular complexity index is 342. The van der Waals surface area contributed by atoms with E-state index >= 15 is 0 Å². The molecule has 3 N–H and O–H groups in total. The largest absolute Gasteiger partial charge is 0.370 e. The van der Waals surface area contributed by atoms with Crippen molar-refractivity contribution in [3.8, 4) is 0 Å². The standard InChI is InChI=1S/C13H23N3S/c1-4-5-8-15-12(14)16-10-13(2,3)11-7-6-9-17-11/h6-7,9H,4-5,8,10H2,1-3H3,(H3,14,15,16). The van der Waals surface area contributed by atoms with Gasteiger partial charge in [-0.2, -0.15) is 0 Å². The molecule has 0 aromatic carbocycles. The molecule has 0 aliphatic rings. The summed E-state index contributed by atoms with van der Waals surface area (Å²) < 4.78 is 0. The first-order valence-corrected chi connectivity index (χ1v) is 7.02. The highest BCUT2D eigenvalue weighted by atomic mass is 32.1. The topological polar surface area (TPSA) is 50.4 Å². The molecule has 0 aliphatic carbocycles. The molecular formula is C13H23N3S. The van der Waals surface area contributed by atoms with Crippen LogP contribution < -0.4 is 11.1 Å². The van der Waals surface area contributed by atoms with E-state index in [0.29, 0.717) is 5.96 Å². The third kappa shape index (κ3) is 4.77. The fraction of sp³-hybridized carbons (Fsp3) is 0.615. The maximum atomic E-state index is 5.82. The van der Waals surface area contributed by atoms with E-state index in [9.17, 15) is 0 Å². The minimum Gasteiger partial charge on any atom is -0.370 e. The third-order valence-corrected chi connectivity index (χ3v) is 3.91. The lowest BCUT2D eigenvalue weighted by molar-refractivity contribution is 0.550. The summed E-state index contributed by atoms with van der Waals surface area (Å²) in [6, 6.07) is 4.23. The number of aliphatic imine (C=N–C) groups is 1. The number of nitrogens with zero attached hydrogens (tertiary/aromatic N) is 1. The van der Waals surface area contributed by atoms with Gasteiger partial charge in [-0.3, -0.25) is 4.99 Å². The number of unbranched alkanes of at least 4 members (excludes halogenated alkanes) is 1. The predicted octanol–water partition coefficient (Wildman–Crippen LogP) is 2.73. The van der Waals surface area contributed by atoms with Gasteiger partial charge < -0.3 is 11.1 Å². The predicted molar refractivity (Wildman–Crippen MR) is 76.7 cm³/mol. The van der Waals surface area contributed by atoms with Crippen LogP contribution in [-0.2, 0) is 5.41 Å². The first-order valence-electron chi connectivity index (χ1n) is 6.14. The molecule has 3 nitrogen and oxygen atoms in total. The molecule has 0 unspecified atom stereocenters. The fourth-order valence-corrected chi connectivity index (χ4v) is 2.32. The van der Waals surface area contributed by atoms with Gasteiger partial charge in [0.2, 0.25) is 0 Å². The first kappa shape index (κ1) is 14.0. The summed E-state index contributed by atoms with van der Waals surface area (Å²) in [5.41, 5.74) is 5.88. The average Bonchev–Trinajstić information content (AvgIpc) is 2.81. The van der Waals surface area contributed by atoms with E-state index in [-0.39, 0.29) is 5.41 Å². The van der Waals surface area contributed by atoms with Gasteiger partial charge in [-0.15, -0.1) is 11.3 Å². The van der Waals surface area contributed by atoms with Crippen molar-refractivity contribution in [3.63, 3.8) is 0 Å². The van der Waals surface area contributed by atoms with Gasteiger partial charge in [-0.05, 0) is 17.9 Å². The molecule has 4 heteroatoms. The van der Waals surface area contributed by atoms with E-state index in [1.807, 2.05) is 0 Å². The number of nitrogens with two attached hydrogens (primary N) is 1. The molecule has 1 aromatic heterocycles. The van der Waals surface area contributed by atoms with Crippen molar-refractivity contribution in [2.24, 2.45) is 10.7 Å². The Balaban J connectivity index is 2.45. The van der Waals surface area contributed by atoms with Crippen LogP contribution in [-0.4, -0.2) is 19.0 Å². The lowest BCUT2D eigenvalue weighted by Crippen LogP contribution is -2.34. The van der Waals surface area contributed by atoms with Crippen molar-refractivity contribution in [3.05, 3.63) is 22.4 Å². The van der Waals surface area contributed by atoms with Crippen molar-refractivity contribution in [1.82, 2.24) is 5.32 Å². The molecular weight excluding hydrogens is 230 g/mol. The van der Waals surface area contributed by atoms with Crippen LogP contribution in [0.2, 0.25) is 0 Å². The van der Waals surface area contributed by atoms with E-state index in [2.05, 4.69) is 48.6 Å². The molecule has 0 amide bonds. The first-order chi connectivity index (χ1) is 8.06. The number of rotatable bonds is 6. The Morgan fingerprint density at radius 1 is 1.53 bits per heavy atom. The minimum absolute atomic E-state index is 0.0607. The highest BCUT2D eigenvalue weighted by Crippen LogP contribution is 2.27. The molecule has 0 bridgehead atoms. The molecule has 1 heterocycles. The molecule has 0 atom stereocenters. The Labute approximate surface area is 108 Å². The van der Waals surface area contributed by atoms with E-state index < -0.39 is 0 Å². The van der Waals surface area contributed by atoms with E-state index in [4.69, 9.17) is 5.73 Å². The number of hydrogen-bond donors (Lipinski definition) is 2. The van der Waals surface area contributed by atoms with E-state index in [1.54, 1.807) is 11.3 Å². The smallest absolute Gasteiger partial charge is 0.188 e. The van der Waals surface area contributed by atoms with Gasteiger partial charge in [-0.25, -0.2) is 0 Å². The van der Waals surface area contributed by atoms with Crippen LogP contribution >= 0.6 is 11.3 Å². The van der Waals surface area contributed by atoms with Crippen LogP contribution in [0.1, 0.15) is 38.5 Å². The molecule has 96 valence electrons. The molecule has 0 radical (unpaired) electrons. The van der Waals surface area contributed by atoms with Gasteiger partial charge in [0.1, 0.15) is 0 Å². The molecule has 0 saturated carbocycles. The Morgan fingerprint density at radius 3 is 2.88 bits per heavy atom. The summed E-state index contributed by atoms with van der Waals surface area (Å²) >= 11 is 1.77. The quantitative estimate of drug-likeness (QED) is 0.465. The maximum Gasteiger partial charge on any atom is 0.188 e. The second kappa shape index (κ2) is 6.64. The zero-order valence-corrected chi connectivity index (χ0v) is 11.8. The summed E-state index contributed by atoms with van der Waals surface area (Å²) in [5, 5.41) is 5.23. The van der Waals surface area contributed by atoms with Crippen LogP contribution in [0, 0.1) is 0 Å². The summed E-state index contributed by atoms with van der Waals surface area (Å²) in [6.07, 6.45) is 2.30. The van der Waals surface area contributed by atoms with Gasteiger partial charge in [-0.1, -0.05) is 33.3 Å². The number of hydrogen-bond acceptors (Lipinski definition) is 2. The zero-order valence-electron chi connectivity index (χ0n) is 11.0. The van der Waals surface area contributed by atoms with Crippen LogP contribution in [0.25, 0.3) is 0 Å². The van der Waals surface area contributed by atoms with Crippen molar-refractivity contribution < 1.29 is 0 Å². The van der Waals surface area contributed by atoms with Crippen LogP contribution in [0.15, 0.2) is 22.5 Å². The highest BCUT2D eigenvalue weighted by Gasteiger charge is 2.21. The lowest BCUT2D eigenvalue weighted by atomic mass is 9.92. The van der Waals surface area contributed by atoms with Crippen molar-refractivity contribution in [2.75, 3.05) is 13.1 Å². The fourth-order valence-electron chi connectivity index (χ4n) is 1.47. The van der Waals surface area contributed by atoms with Crippen LogP contribution in [0.3, 0.4) is 0 Å². The molecule has 1 rings (SSSR count). The summed E-state index contributed by atoms with van der Waals surface area (Å²) in [6.45, 7) is 8.18. The van der Waals surface area contributed by atoms with Gasteiger partial charge in [0.15, 0.2) is 5.96 Å². The molecule has 0 saturated heterocycles. The molecule has 0 aliphatic heterocycles. The highest BCUT2D eigenvalue weighted by molar-refractivity contribution is 7.10. The second-order valence-electron chi connectivity index (χ2n) is 4.84. The monoisotopic (exact) mass is 253 g/mol. The zero-order chi connectivity index (χ0) is 12.7. The summed E-state index contributed by atoms with van der Waals surface area (Å²) in [5.74, 6) is 0.558. The van der Waals surface area contributed by atoms with Crippen LogP contribution in [0.4, 0.5) is 0 Å². The van der Waals surface area contributed by atoms with E-state index in [1.165, 1.54) is 11.3 Å². The molecule has 1 aromatic rings.